The molecule has 2 N–H and O–H groups in total. The normalized spacial score (nSPS) is 11.2. The van der Waals surface area contributed by atoms with E-state index in [1.165, 1.54) is 0 Å². The van der Waals surface area contributed by atoms with Gasteiger partial charge in [0.15, 0.2) is 5.96 Å². The van der Waals surface area contributed by atoms with Crippen molar-refractivity contribution in [2.45, 2.75) is 13.3 Å². The van der Waals surface area contributed by atoms with Gasteiger partial charge in [0.05, 0.1) is 13.2 Å². The smallest absolute Gasteiger partial charge is 0.191 e. The second-order valence-electron chi connectivity index (χ2n) is 4.14. The monoisotopic (exact) mass is 279 g/mol. The van der Waals surface area contributed by atoms with Gasteiger partial charge in [0, 0.05) is 26.7 Å². The maximum absolute atomic E-state index is 5.61. The van der Waals surface area contributed by atoms with E-state index in [0.717, 1.165) is 37.8 Å². The van der Waals surface area contributed by atoms with Crippen molar-refractivity contribution >= 4 is 5.96 Å². The maximum Gasteiger partial charge on any atom is 0.191 e. The van der Waals surface area contributed by atoms with Crippen LogP contribution in [0.1, 0.15) is 13.3 Å². The van der Waals surface area contributed by atoms with Crippen LogP contribution in [0, 0.1) is 0 Å². The van der Waals surface area contributed by atoms with Crippen LogP contribution in [0.25, 0.3) is 0 Å². The third-order valence-electron chi connectivity index (χ3n) is 2.59. The Labute approximate surface area is 121 Å². The minimum Gasteiger partial charge on any atom is -0.494 e. The fourth-order valence-corrected chi connectivity index (χ4v) is 1.59. The lowest BCUT2D eigenvalue weighted by molar-refractivity contribution is 0.152. The molecule has 20 heavy (non-hydrogen) atoms. The molecule has 0 radical (unpaired) electrons. The van der Waals surface area contributed by atoms with E-state index in [-0.39, 0.29) is 0 Å². The first-order valence-corrected chi connectivity index (χ1v) is 7.07. The van der Waals surface area contributed by atoms with Gasteiger partial charge in [0.1, 0.15) is 5.75 Å². The minimum atomic E-state index is 0.687. The van der Waals surface area contributed by atoms with E-state index in [1.807, 2.05) is 37.3 Å². The van der Waals surface area contributed by atoms with Crippen molar-refractivity contribution in [2.24, 2.45) is 4.99 Å². The summed E-state index contributed by atoms with van der Waals surface area (Å²) in [5.41, 5.74) is 0. The molecule has 5 heteroatoms. The molecule has 0 bridgehead atoms. The number of hydrogen-bond acceptors (Lipinski definition) is 3. The second kappa shape index (κ2) is 11.1. The van der Waals surface area contributed by atoms with Gasteiger partial charge in [-0.05, 0) is 25.5 Å². The van der Waals surface area contributed by atoms with Gasteiger partial charge < -0.3 is 20.1 Å². The standard InChI is InChI=1S/C15H25N3O2/c1-3-19-13-11-18-15(16-2)17-10-7-12-20-14-8-5-4-6-9-14/h4-6,8-9H,3,7,10-13H2,1-2H3,(H2,16,17,18). The predicted molar refractivity (Wildman–Crippen MR) is 82.4 cm³/mol. The first kappa shape index (κ1) is 16.3. The molecule has 1 aromatic rings. The number of benzene rings is 1. The Hall–Kier alpha value is -1.75. The molecule has 0 aromatic heterocycles. The topological polar surface area (TPSA) is 54.9 Å². The number of hydrogen-bond donors (Lipinski definition) is 2. The van der Waals surface area contributed by atoms with Gasteiger partial charge in [-0.25, -0.2) is 0 Å². The average Bonchev–Trinajstić information content (AvgIpc) is 2.50. The van der Waals surface area contributed by atoms with Gasteiger partial charge in [-0.2, -0.15) is 0 Å². The average molecular weight is 279 g/mol. The summed E-state index contributed by atoms with van der Waals surface area (Å²) in [6.07, 6.45) is 0.918. The van der Waals surface area contributed by atoms with E-state index in [2.05, 4.69) is 15.6 Å². The number of aliphatic imine (C=N–C) groups is 1. The molecule has 0 heterocycles. The molecular formula is C15H25N3O2. The van der Waals surface area contributed by atoms with E-state index < -0.39 is 0 Å². The molecule has 0 saturated heterocycles. The molecule has 0 aliphatic heterocycles. The van der Waals surface area contributed by atoms with Crippen LogP contribution in [0.2, 0.25) is 0 Å². The molecule has 0 aliphatic rings. The highest BCUT2D eigenvalue weighted by atomic mass is 16.5. The molecule has 0 aliphatic carbocycles. The lowest BCUT2D eigenvalue weighted by atomic mass is 10.3. The Morgan fingerprint density at radius 3 is 2.55 bits per heavy atom. The molecular weight excluding hydrogens is 254 g/mol. The number of ether oxygens (including phenoxy) is 2. The number of nitrogens with zero attached hydrogens (tertiary/aromatic N) is 1. The van der Waals surface area contributed by atoms with Crippen LogP contribution in [0.3, 0.4) is 0 Å². The van der Waals surface area contributed by atoms with Crippen LogP contribution >= 0.6 is 0 Å². The summed E-state index contributed by atoms with van der Waals surface area (Å²) in [5.74, 6) is 1.70. The van der Waals surface area contributed by atoms with Crippen molar-refractivity contribution in [3.8, 4) is 5.75 Å². The number of para-hydroxylation sites is 1. The van der Waals surface area contributed by atoms with Crippen LogP contribution in [-0.4, -0.2) is 45.9 Å². The zero-order valence-corrected chi connectivity index (χ0v) is 12.4. The highest BCUT2D eigenvalue weighted by Crippen LogP contribution is 2.07. The van der Waals surface area contributed by atoms with Crippen LogP contribution in [0.5, 0.6) is 5.75 Å². The van der Waals surface area contributed by atoms with Gasteiger partial charge in [-0.15, -0.1) is 0 Å². The summed E-state index contributed by atoms with van der Waals surface area (Å²) >= 11 is 0. The Balaban J connectivity index is 2.04. The van der Waals surface area contributed by atoms with Gasteiger partial charge >= 0.3 is 0 Å². The maximum atomic E-state index is 5.61. The van der Waals surface area contributed by atoms with E-state index in [0.29, 0.717) is 13.2 Å². The Kier molecular flexibility index (Phi) is 9.06. The highest BCUT2D eigenvalue weighted by Gasteiger charge is 1.97. The van der Waals surface area contributed by atoms with Gasteiger partial charge in [0.2, 0.25) is 0 Å². The van der Waals surface area contributed by atoms with Crippen LogP contribution in [-0.2, 0) is 4.74 Å². The van der Waals surface area contributed by atoms with Gasteiger partial charge in [-0.3, -0.25) is 4.99 Å². The molecule has 1 rings (SSSR count). The molecule has 0 amide bonds. The van der Waals surface area contributed by atoms with Crippen molar-refractivity contribution in [1.82, 2.24) is 10.6 Å². The number of guanidine groups is 1. The second-order valence-corrected chi connectivity index (χ2v) is 4.14. The lowest BCUT2D eigenvalue weighted by Crippen LogP contribution is -2.39. The molecule has 5 nitrogen and oxygen atoms in total. The van der Waals surface area contributed by atoms with Crippen molar-refractivity contribution in [3.63, 3.8) is 0 Å². The number of nitrogens with one attached hydrogen (secondary N) is 2. The molecule has 0 fully saturated rings. The summed E-state index contributed by atoms with van der Waals surface area (Å²) in [6.45, 7) is 5.68. The predicted octanol–water partition coefficient (Wildman–Crippen LogP) is 1.66. The van der Waals surface area contributed by atoms with Gasteiger partial charge in [0.25, 0.3) is 0 Å². The van der Waals surface area contributed by atoms with Crippen molar-refractivity contribution < 1.29 is 9.47 Å². The fourth-order valence-electron chi connectivity index (χ4n) is 1.59. The van der Waals surface area contributed by atoms with E-state index in [1.54, 1.807) is 7.05 Å². The summed E-state index contributed by atoms with van der Waals surface area (Å²) in [6, 6.07) is 9.84. The van der Waals surface area contributed by atoms with E-state index in [9.17, 15) is 0 Å². The first-order chi connectivity index (χ1) is 9.86. The summed E-state index contributed by atoms with van der Waals surface area (Å²) in [4.78, 5) is 4.14. The first-order valence-electron chi connectivity index (χ1n) is 7.07. The largest absolute Gasteiger partial charge is 0.494 e. The van der Waals surface area contributed by atoms with Crippen molar-refractivity contribution in [3.05, 3.63) is 30.3 Å². The molecule has 0 atom stereocenters. The third kappa shape index (κ3) is 7.63. The van der Waals surface area contributed by atoms with Crippen molar-refractivity contribution in [2.75, 3.05) is 40.0 Å². The Morgan fingerprint density at radius 1 is 1.10 bits per heavy atom. The quantitative estimate of drug-likeness (QED) is 0.410. The van der Waals surface area contributed by atoms with E-state index >= 15 is 0 Å². The summed E-state index contributed by atoms with van der Waals surface area (Å²) in [7, 11) is 1.76. The zero-order chi connectivity index (χ0) is 14.5. The van der Waals surface area contributed by atoms with Crippen LogP contribution < -0.4 is 15.4 Å². The molecule has 0 saturated carbocycles. The van der Waals surface area contributed by atoms with Crippen LogP contribution in [0.4, 0.5) is 0 Å². The zero-order valence-electron chi connectivity index (χ0n) is 12.4. The number of rotatable bonds is 9. The lowest BCUT2D eigenvalue weighted by Gasteiger charge is -2.12. The third-order valence-corrected chi connectivity index (χ3v) is 2.59. The van der Waals surface area contributed by atoms with Gasteiger partial charge in [-0.1, -0.05) is 18.2 Å². The minimum absolute atomic E-state index is 0.687. The highest BCUT2D eigenvalue weighted by molar-refractivity contribution is 5.79. The Morgan fingerprint density at radius 2 is 1.85 bits per heavy atom. The van der Waals surface area contributed by atoms with E-state index in [4.69, 9.17) is 9.47 Å². The molecule has 0 spiro atoms. The summed E-state index contributed by atoms with van der Waals surface area (Å²) < 4.78 is 10.9. The SMILES string of the molecule is CCOCCNC(=NC)NCCCOc1ccccc1. The molecule has 112 valence electrons. The van der Waals surface area contributed by atoms with Crippen LogP contribution in [0.15, 0.2) is 35.3 Å². The fraction of sp³-hybridized carbons (Fsp3) is 0.533. The Bertz CT molecular complexity index is 369. The molecule has 0 unspecified atom stereocenters. The molecule has 1 aromatic carbocycles. The summed E-state index contributed by atoms with van der Waals surface area (Å²) in [5, 5.41) is 6.42. The van der Waals surface area contributed by atoms with Crippen molar-refractivity contribution in [1.29, 1.82) is 0 Å².